The zero-order valence-corrected chi connectivity index (χ0v) is 11.0. The summed E-state index contributed by atoms with van der Waals surface area (Å²) in [7, 11) is 0. The van der Waals surface area contributed by atoms with Gasteiger partial charge in [0.2, 0.25) is 0 Å². The molecule has 1 aromatic carbocycles. The number of hydrogen-bond donors (Lipinski definition) is 1. The first kappa shape index (κ1) is 13.5. The maximum absolute atomic E-state index is 12.6. The van der Waals surface area contributed by atoms with Gasteiger partial charge in [-0.1, -0.05) is 32.0 Å². The summed E-state index contributed by atoms with van der Waals surface area (Å²) >= 11 is 0. The van der Waals surface area contributed by atoms with Crippen molar-refractivity contribution >= 4 is 0 Å². The molecule has 2 unspecified atom stereocenters. The fourth-order valence-electron chi connectivity index (χ4n) is 2.36. The van der Waals surface area contributed by atoms with Gasteiger partial charge in [0.15, 0.2) is 0 Å². The molecule has 1 aromatic rings. The van der Waals surface area contributed by atoms with Crippen LogP contribution in [0, 0.1) is 11.8 Å². The SMILES string of the molecule is CC(C)CNCC1CC1c1cccc(C(F)F)c1. The van der Waals surface area contributed by atoms with Gasteiger partial charge in [-0.05, 0) is 48.9 Å². The molecule has 1 aliphatic carbocycles. The summed E-state index contributed by atoms with van der Waals surface area (Å²) in [4.78, 5) is 0. The van der Waals surface area contributed by atoms with Crippen LogP contribution < -0.4 is 5.32 Å². The first-order valence-electron chi connectivity index (χ1n) is 6.66. The molecular formula is C15H21F2N. The standard InChI is InChI=1S/C15H21F2N/c1-10(2)8-18-9-13-7-14(13)11-4-3-5-12(6-11)15(16)17/h3-6,10,13-15,18H,7-9H2,1-2H3. The highest BCUT2D eigenvalue weighted by atomic mass is 19.3. The van der Waals surface area contributed by atoms with E-state index in [0.717, 1.165) is 25.1 Å². The van der Waals surface area contributed by atoms with Gasteiger partial charge in [0.25, 0.3) is 6.43 Å². The fraction of sp³-hybridized carbons (Fsp3) is 0.600. The van der Waals surface area contributed by atoms with Crippen molar-refractivity contribution in [3.8, 4) is 0 Å². The van der Waals surface area contributed by atoms with E-state index < -0.39 is 6.43 Å². The van der Waals surface area contributed by atoms with E-state index >= 15 is 0 Å². The van der Waals surface area contributed by atoms with Gasteiger partial charge in [-0.25, -0.2) is 8.78 Å². The summed E-state index contributed by atoms with van der Waals surface area (Å²) in [6, 6.07) is 6.88. The van der Waals surface area contributed by atoms with E-state index in [1.807, 2.05) is 6.07 Å². The maximum Gasteiger partial charge on any atom is 0.263 e. The predicted octanol–water partition coefficient (Wildman–Crippen LogP) is 3.97. The van der Waals surface area contributed by atoms with E-state index in [1.54, 1.807) is 12.1 Å². The second kappa shape index (κ2) is 5.79. The number of nitrogens with one attached hydrogen (secondary N) is 1. The van der Waals surface area contributed by atoms with Crippen molar-refractivity contribution in [3.63, 3.8) is 0 Å². The highest BCUT2D eigenvalue weighted by Gasteiger charge is 2.37. The van der Waals surface area contributed by atoms with Gasteiger partial charge in [0.05, 0.1) is 0 Å². The van der Waals surface area contributed by atoms with E-state index in [0.29, 0.717) is 17.8 Å². The normalized spacial score (nSPS) is 22.8. The molecule has 100 valence electrons. The Balaban J connectivity index is 1.85. The highest BCUT2D eigenvalue weighted by molar-refractivity contribution is 5.31. The quantitative estimate of drug-likeness (QED) is 0.808. The van der Waals surface area contributed by atoms with Gasteiger partial charge in [0.1, 0.15) is 0 Å². The maximum atomic E-state index is 12.6. The number of halogens is 2. The second-order valence-electron chi connectivity index (χ2n) is 5.63. The zero-order valence-electron chi connectivity index (χ0n) is 11.0. The van der Waals surface area contributed by atoms with Crippen LogP contribution in [0.4, 0.5) is 8.78 Å². The van der Waals surface area contributed by atoms with Crippen LogP contribution in [0.25, 0.3) is 0 Å². The Hall–Kier alpha value is -0.960. The summed E-state index contributed by atoms with van der Waals surface area (Å²) in [6.45, 7) is 6.40. The molecule has 1 N–H and O–H groups in total. The van der Waals surface area contributed by atoms with Crippen molar-refractivity contribution in [2.24, 2.45) is 11.8 Å². The first-order valence-corrected chi connectivity index (χ1v) is 6.66. The molecular weight excluding hydrogens is 232 g/mol. The van der Waals surface area contributed by atoms with Gasteiger partial charge in [0, 0.05) is 5.56 Å². The molecule has 0 bridgehead atoms. The molecule has 0 saturated heterocycles. The minimum Gasteiger partial charge on any atom is -0.316 e. The van der Waals surface area contributed by atoms with Crippen molar-refractivity contribution < 1.29 is 8.78 Å². The fourth-order valence-corrected chi connectivity index (χ4v) is 2.36. The Morgan fingerprint density at radius 2 is 2.11 bits per heavy atom. The molecule has 0 heterocycles. The van der Waals surface area contributed by atoms with Gasteiger partial charge in [-0.2, -0.15) is 0 Å². The topological polar surface area (TPSA) is 12.0 Å². The lowest BCUT2D eigenvalue weighted by Crippen LogP contribution is -2.22. The zero-order chi connectivity index (χ0) is 13.1. The Morgan fingerprint density at radius 3 is 2.78 bits per heavy atom. The van der Waals surface area contributed by atoms with Crippen LogP contribution >= 0.6 is 0 Å². The number of rotatable bonds is 6. The average Bonchev–Trinajstić information content (AvgIpc) is 3.08. The van der Waals surface area contributed by atoms with Crippen LogP contribution in [-0.4, -0.2) is 13.1 Å². The van der Waals surface area contributed by atoms with Crippen molar-refractivity contribution in [1.82, 2.24) is 5.32 Å². The lowest BCUT2D eigenvalue weighted by Gasteiger charge is -2.07. The molecule has 0 amide bonds. The van der Waals surface area contributed by atoms with Crippen LogP contribution in [0.2, 0.25) is 0 Å². The minimum absolute atomic E-state index is 0.147. The van der Waals surface area contributed by atoms with E-state index in [1.165, 1.54) is 6.07 Å². The molecule has 2 rings (SSSR count). The molecule has 2 atom stereocenters. The Kier molecular flexibility index (Phi) is 4.33. The third-order valence-corrected chi connectivity index (χ3v) is 3.47. The second-order valence-corrected chi connectivity index (χ2v) is 5.63. The van der Waals surface area contributed by atoms with Crippen molar-refractivity contribution in [1.29, 1.82) is 0 Å². The number of alkyl halides is 2. The molecule has 0 radical (unpaired) electrons. The van der Waals surface area contributed by atoms with Crippen LogP contribution in [0.3, 0.4) is 0 Å². The predicted molar refractivity (Wildman–Crippen MR) is 70.0 cm³/mol. The summed E-state index contributed by atoms with van der Waals surface area (Å²) in [5, 5.41) is 3.44. The van der Waals surface area contributed by atoms with Crippen molar-refractivity contribution in [3.05, 3.63) is 35.4 Å². The van der Waals surface area contributed by atoms with Crippen molar-refractivity contribution in [2.75, 3.05) is 13.1 Å². The Morgan fingerprint density at radius 1 is 1.33 bits per heavy atom. The smallest absolute Gasteiger partial charge is 0.263 e. The average molecular weight is 253 g/mol. The van der Waals surface area contributed by atoms with Crippen molar-refractivity contribution in [2.45, 2.75) is 32.6 Å². The summed E-state index contributed by atoms with van der Waals surface area (Å²) in [6.07, 6.45) is -1.24. The molecule has 1 saturated carbocycles. The lowest BCUT2D eigenvalue weighted by molar-refractivity contribution is 0.151. The lowest BCUT2D eigenvalue weighted by atomic mass is 10.1. The van der Waals surface area contributed by atoms with Crippen LogP contribution in [0.15, 0.2) is 24.3 Å². The minimum atomic E-state index is -2.36. The highest BCUT2D eigenvalue weighted by Crippen LogP contribution is 2.47. The monoisotopic (exact) mass is 253 g/mol. The summed E-state index contributed by atoms with van der Waals surface area (Å²) in [5.74, 6) is 1.75. The van der Waals surface area contributed by atoms with Crippen LogP contribution in [0.5, 0.6) is 0 Å². The van der Waals surface area contributed by atoms with Gasteiger partial charge < -0.3 is 5.32 Å². The van der Waals surface area contributed by atoms with E-state index in [-0.39, 0.29) is 5.56 Å². The summed E-state index contributed by atoms with van der Waals surface area (Å²) < 4.78 is 25.2. The first-order chi connectivity index (χ1) is 8.58. The largest absolute Gasteiger partial charge is 0.316 e. The van der Waals surface area contributed by atoms with E-state index in [4.69, 9.17) is 0 Å². The van der Waals surface area contributed by atoms with Crippen LogP contribution in [0.1, 0.15) is 43.7 Å². The third-order valence-electron chi connectivity index (χ3n) is 3.47. The molecule has 0 aliphatic heterocycles. The van der Waals surface area contributed by atoms with Gasteiger partial charge in [-0.15, -0.1) is 0 Å². The molecule has 1 nitrogen and oxygen atoms in total. The van der Waals surface area contributed by atoms with Crippen LogP contribution in [-0.2, 0) is 0 Å². The molecule has 18 heavy (non-hydrogen) atoms. The van der Waals surface area contributed by atoms with Gasteiger partial charge >= 0.3 is 0 Å². The molecule has 1 fully saturated rings. The van der Waals surface area contributed by atoms with E-state index in [9.17, 15) is 8.78 Å². The summed E-state index contributed by atoms with van der Waals surface area (Å²) in [5.41, 5.74) is 1.22. The molecule has 0 aromatic heterocycles. The molecule has 1 aliphatic rings. The molecule has 0 spiro atoms. The number of hydrogen-bond acceptors (Lipinski definition) is 1. The number of benzene rings is 1. The Bertz CT molecular complexity index is 390. The van der Waals surface area contributed by atoms with E-state index in [2.05, 4.69) is 19.2 Å². The third kappa shape index (κ3) is 3.52. The Labute approximate surface area is 108 Å². The van der Waals surface area contributed by atoms with Gasteiger partial charge in [-0.3, -0.25) is 0 Å². The molecule has 3 heteroatoms.